The Kier molecular flexibility index (Phi) is 4.80. The summed E-state index contributed by atoms with van der Waals surface area (Å²) in [5.41, 5.74) is 0. The van der Waals surface area contributed by atoms with E-state index in [0.717, 1.165) is 6.42 Å². The summed E-state index contributed by atoms with van der Waals surface area (Å²) in [4.78, 5) is 11.7. The quantitative estimate of drug-likeness (QED) is 0.861. The zero-order valence-corrected chi connectivity index (χ0v) is 10.7. The predicted molar refractivity (Wildman–Crippen MR) is 64.3 cm³/mol. The van der Waals surface area contributed by atoms with Crippen molar-refractivity contribution in [1.29, 1.82) is 0 Å². The molecule has 90 valence electrons. The number of carbonyl (C=O) groups excluding carboxylic acids is 1. The molecular formula is C11H18ClN3O. The molecule has 1 rings (SSSR count). The highest BCUT2D eigenvalue weighted by Gasteiger charge is 2.15. The van der Waals surface area contributed by atoms with Crippen molar-refractivity contribution in [2.75, 3.05) is 0 Å². The van der Waals surface area contributed by atoms with Gasteiger partial charge in [-0.3, -0.25) is 9.48 Å². The van der Waals surface area contributed by atoms with Crippen LogP contribution in [0, 0.1) is 5.92 Å². The van der Waals surface area contributed by atoms with Crippen molar-refractivity contribution < 1.29 is 4.79 Å². The van der Waals surface area contributed by atoms with E-state index in [9.17, 15) is 4.79 Å². The fourth-order valence-corrected chi connectivity index (χ4v) is 1.45. The second-order valence-corrected chi connectivity index (χ2v) is 4.54. The van der Waals surface area contributed by atoms with Crippen molar-refractivity contribution in [3.05, 3.63) is 17.4 Å². The highest BCUT2D eigenvalue weighted by atomic mass is 35.5. The van der Waals surface area contributed by atoms with Crippen molar-refractivity contribution in [1.82, 2.24) is 15.1 Å². The molecule has 1 amide bonds. The van der Waals surface area contributed by atoms with Crippen molar-refractivity contribution >= 4 is 17.5 Å². The van der Waals surface area contributed by atoms with Gasteiger partial charge in [-0.05, 0) is 13.3 Å². The molecule has 2 unspecified atom stereocenters. The highest BCUT2D eigenvalue weighted by molar-refractivity contribution is 6.30. The van der Waals surface area contributed by atoms with E-state index in [4.69, 9.17) is 11.6 Å². The van der Waals surface area contributed by atoms with Gasteiger partial charge < -0.3 is 5.32 Å². The zero-order valence-electron chi connectivity index (χ0n) is 9.90. The van der Waals surface area contributed by atoms with Gasteiger partial charge >= 0.3 is 0 Å². The summed E-state index contributed by atoms with van der Waals surface area (Å²) in [5, 5.41) is 7.58. The molecule has 1 N–H and O–H groups in total. The van der Waals surface area contributed by atoms with E-state index in [1.54, 1.807) is 17.1 Å². The van der Waals surface area contributed by atoms with Gasteiger partial charge in [-0.1, -0.05) is 25.4 Å². The lowest BCUT2D eigenvalue weighted by molar-refractivity contribution is -0.125. The fraction of sp³-hybridized carbons (Fsp3) is 0.636. The lowest BCUT2D eigenvalue weighted by atomic mass is 10.1. The van der Waals surface area contributed by atoms with E-state index in [1.807, 2.05) is 20.8 Å². The van der Waals surface area contributed by atoms with Gasteiger partial charge in [0.05, 0.1) is 23.7 Å². The Morgan fingerprint density at radius 1 is 1.62 bits per heavy atom. The molecule has 16 heavy (non-hydrogen) atoms. The number of nitrogens with one attached hydrogen (secondary N) is 1. The van der Waals surface area contributed by atoms with Crippen LogP contribution >= 0.6 is 11.6 Å². The molecule has 2 atom stereocenters. The molecule has 1 aromatic rings. The average molecular weight is 244 g/mol. The summed E-state index contributed by atoms with van der Waals surface area (Å²) < 4.78 is 1.68. The summed E-state index contributed by atoms with van der Waals surface area (Å²) in [5.74, 6) is -0.0501. The Bertz CT molecular complexity index is 351. The van der Waals surface area contributed by atoms with Gasteiger partial charge in [0.2, 0.25) is 5.91 Å². The van der Waals surface area contributed by atoms with Crippen LogP contribution in [0.15, 0.2) is 12.4 Å². The van der Waals surface area contributed by atoms with Crippen LogP contribution in [-0.4, -0.2) is 21.7 Å². The van der Waals surface area contributed by atoms with Crippen LogP contribution in [0.3, 0.4) is 0 Å². The monoisotopic (exact) mass is 243 g/mol. The number of rotatable bonds is 5. The molecule has 0 spiro atoms. The Hall–Kier alpha value is -1.03. The molecule has 0 radical (unpaired) electrons. The molecule has 1 aromatic heterocycles. The minimum Gasteiger partial charge on any atom is -0.353 e. The fourth-order valence-electron chi connectivity index (χ4n) is 1.29. The van der Waals surface area contributed by atoms with Gasteiger partial charge in [0.1, 0.15) is 0 Å². The number of carbonyl (C=O) groups is 1. The second-order valence-electron chi connectivity index (χ2n) is 4.10. The van der Waals surface area contributed by atoms with E-state index in [-0.39, 0.29) is 17.9 Å². The van der Waals surface area contributed by atoms with Crippen LogP contribution in [0.25, 0.3) is 0 Å². The molecule has 0 aliphatic rings. The van der Waals surface area contributed by atoms with E-state index >= 15 is 0 Å². The van der Waals surface area contributed by atoms with Crippen molar-refractivity contribution in [3.8, 4) is 0 Å². The Labute approximate surface area is 101 Å². The van der Waals surface area contributed by atoms with E-state index in [1.165, 1.54) is 0 Å². The topological polar surface area (TPSA) is 46.9 Å². The molecule has 0 bridgehead atoms. The van der Waals surface area contributed by atoms with Crippen LogP contribution in [0.4, 0.5) is 0 Å². The summed E-state index contributed by atoms with van der Waals surface area (Å²) in [7, 11) is 0. The maximum atomic E-state index is 11.7. The number of amides is 1. The SMILES string of the molecule is CCC(C)NC(=O)C(C)Cn1cc(Cl)cn1. The van der Waals surface area contributed by atoms with Crippen LogP contribution in [0.2, 0.25) is 5.02 Å². The second kappa shape index (κ2) is 5.89. The summed E-state index contributed by atoms with van der Waals surface area (Å²) in [6.07, 6.45) is 4.22. The smallest absolute Gasteiger partial charge is 0.224 e. The third-order valence-corrected chi connectivity index (χ3v) is 2.71. The van der Waals surface area contributed by atoms with Crippen molar-refractivity contribution in [2.24, 2.45) is 5.92 Å². The number of hydrogen-bond donors (Lipinski definition) is 1. The molecule has 0 saturated heterocycles. The first kappa shape index (κ1) is 13.0. The van der Waals surface area contributed by atoms with Crippen LogP contribution in [-0.2, 0) is 11.3 Å². The van der Waals surface area contributed by atoms with Gasteiger partial charge in [-0.2, -0.15) is 5.10 Å². The van der Waals surface area contributed by atoms with Crippen molar-refractivity contribution in [3.63, 3.8) is 0 Å². The first-order chi connectivity index (χ1) is 7.52. The first-order valence-electron chi connectivity index (χ1n) is 5.51. The van der Waals surface area contributed by atoms with Crippen LogP contribution in [0.5, 0.6) is 0 Å². The highest BCUT2D eigenvalue weighted by Crippen LogP contribution is 2.07. The Morgan fingerprint density at radius 3 is 2.81 bits per heavy atom. The summed E-state index contributed by atoms with van der Waals surface area (Å²) >= 11 is 5.75. The molecule has 5 heteroatoms. The lowest BCUT2D eigenvalue weighted by Gasteiger charge is -2.16. The largest absolute Gasteiger partial charge is 0.353 e. The van der Waals surface area contributed by atoms with Gasteiger partial charge in [-0.15, -0.1) is 0 Å². The average Bonchev–Trinajstić information content (AvgIpc) is 2.63. The van der Waals surface area contributed by atoms with Crippen LogP contribution in [0.1, 0.15) is 27.2 Å². The minimum absolute atomic E-state index is 0.0565. The molecule has 0 fully saturated rings. The van der Waals surface area contributed by atoms with E-state index in [0.29, 0.717) is 11.6 Å². The maximum Gasteiger partial charge on any atom is 0.224 e. The minimum atomic E-state index is -0.107. The van der Waals surface area contributed by atoms with Crippen LogP contribution < -0.4 is 5.32 Å². The van der Waals surface area contributed by atoms with E-state index in [2.05, 4.69) is 10.4 Å². The van der Waals surface area contributed by atoms with Crippen molar-refractivity contribution in [2.45, 2.75) is 39.8 Å². The molecule has 1 heterocycles. The molecule has 0 aliphatic carbocycles. The normalized spacial score (nSPS) is 14.5. The molecule has 4 nitrogen and oxygen atoms in total. The number of hydrogen-bond acceptors (Lipinski definition) is 2. The summed E-state index contributed by atoms with van der Waals surface area (Å²) in [6.45, 7) is 6.47. The van der Waals surface area contributed by atoms with Gasteiger partial charge in [0, 0.05) is 12.2 Å². The molecule has 0 aromatic carbocycles. The predicted octanol–water partition coefficient (Wildman–Crippen LogP) is 2.09. The maximum absolute atomic E-state index is 11.7. The third kappa shape index (κ3) is 3.85. The first-order valence-corrected chi connectivity index (χ1v) is 5.89. The standard InChI is InChI=1S/C11H18ClN3O/c1-4-9(3)14-11(16)8(2)6-15-7-10(12)5-13-15/h5,7-9H,4,6H2,1-3H3,(H,14,16). The molecular weight excluding hydrogens is 226 g/mol. The van der Waals surface area contributed by atoms with Gasteiger partial charge in [0.15, 0.2) is 0 Å². The Morgan fingerprint density at radius 2 is 2.31 bits per heavy atom. The summed E-state index contributed by atoms with van der Waals surface area (Å²) in [6, 6.07) is 0.219. The Balaban J connectivity index is 2.45. The van der Waals surface area contributed by atoms with E-state index < -0.39 is 0 Å². The van der Waals surface area contributed by atoms with Gasteiger partial charge in [0.25, 0.3) is 0 Å². The number of nitrogens with zero attached hydrogens (tertiary/aromatic N) is 2. The zero-order chi connectivity index (χ0) is 12.1. The van der Waals surface area contributed by atoms with Gasteiger partial charge in [-0.25, -0.2) is 0 Å². The number of aromatic nitrogens is 2. The molecule has 0 saturated carbocycles. The lowest BCUT2D eigenvalue weighted by Crippen LogP contribution is -2.37. The third-order valence-electron chi connectivity index (χ3n) is 2.51. The number of halogens is 1. The molecule has 0 aliphatic heterocycles.